The highest BCUT2D eigenvalue weighted by molar-refractivity contribution is 5.52. The molecule has 0 N–H and O–H groups in total. The molecule has 0 saturated heterocycles. The van der Waals surface area contributed by atoms with Gasteiger partial charge in [0.15, 0.2) is 5.69 Å². The summed E-state index contributed by atoms with van der Waals surface area (Å²) < 4.78 is 18.6. The summed E-state index contributed by atoms with van der Waals surface area (Å²) in [5, 5.41) is 0. The fraction of sp³-hybridized carbons (Fsp3) is 0.133. The molecule has 0 saturated carbocycles. The van der Waals surface area contributed by atoms with Gasteiger partial charge in [0, 0.05) is 0 Å². The molecule has 1 aliphatic heterocycles. The predicted molar refractivity (Wildman–Crippen MR) is 65.7 cm³/mol. The Hall–Kier alpha value is -2.18. The van der Waals surface area contributed by atoms with Crippen LogP contribution < -0.4 is 0 Å². The van der Waals surface area contributed by atoms with Crippen LogP contribution >= 0.6 is 0 Å². The van der Waals surface area contributed by atoms with Gasteiger partial charge in [-0.1, -0.05) is 30.3 Å². The van der Waals surface area contributed by atoms with Crippen molar-refractivity contribution in [2.45, 2.75) is 12.7 Å². The first kappa shape index (κ1) is 10.9. The van der Waals surface area contributed by atoms with E-state index >= 15 is 0 Å². The monoisotopic (exact) mass is 239 g/mol. The molecule has 0 spiro atoms. The number of halogens is 1. The lowest BCUT2D eigenvalue weighted by Crippen LogP contribution is -1.98. The van der Waals surface area contributed by atoms with Gasteiger partial charge in [-0.05, 0) is 28.8 Å². The molecule has 18 heavy (non-hydrogen) atoms. The molecule has 1 atom stereocenters. The van der Waals surface area contributed by atoms with Gasteiger partial charge in [-0.3, -0.25) is 0 Å². The van der Waals surface area contributed by atoms with Crippen LogP contribution in [-0.2, 0) is 11.3 Å². The third-order valence-electron chi connectivity index (χ3n) is 3.12. The van der Waals surface area contributed by atoms with Crippen molar-refractivity contribution in [2.24, 2.45) is 0 Å². The molecule has 3 heteroatoms. The number of rotatable bonds is 1. The van der Waals surface area contributed by atoms with Crippen molar-refractivity contribution in [2.75, 3.05) is 0 Å². The predicted octanol–water partition coefficient (Wildman–Crippen LogP) is 4.00. The van der Waals surface area contributed by atoms with E-state index in [0.29, 0.717) is 12.3 Å². The Morgan fingerprint density at radius 2 is 1.94 bits per heavy atom. The van der Waals surface area contributed by atoms with E-state index in [1.807, 2.05) is 12.1 Å². The lowest BCUT2D eigenvalue weighted by atomic mass is 9.99. The van der Waals surface area contributed by atoms with E-state index < -0.39 is 0 Å². The topological polar surface area (TPSA) is 13.6 Å². The number of fused-ring (bicyclic) bond motifs is 1. The van der Waals surface area contributed by atoms with Gasteiger partial charge >= 0.3 is 0 Å². The van der Waals surface area contributed by atoms with Crippen LogP contribution in [-0.4, -0.2) is 0 Å². The van der Waals surface area contributed by atoms with E-state index in [1.165, 1.54) is 12.1 Å². The largest absolute Gasteiger partial charge is 0.364 e. The second-order valence-electron chi connectivity index (χ2n) is 4.24. The maximum absolute atomic E-state index is 12.9. The highest BCUT2D eigenvalue weighted by atomic mass is 19.1. The van der Waals surface area contributed by atoms with Crippen molar-refractivity contribution in [3.8, 4) is 0 Å². The Kier molecular flexibility index (Phi) is 2.58. The molecule has 1 aliphatic rings. The summed E-state index contributed by atoms with van der Waals surface area (Å²) in [4.78, 5) is 3.40. The summed E-state index contributed by atoms with van der Waals surface area (Å²) >= 11 is 0. The minimum absolute atomic E-state index is 0.152. The number of hydrogen-bond donors (Lipinski definition) is 0. The Morgan fingerprint density at radius 1 is 1.17 bits per heavy atom. The second-order valence-corrected chi connectivity index (χ2v) is 4.24. The molecule has 0 radical (unpaired) electrons. The molecule has 1 unspecified atom stereocenters. The van der Waals surface area contributed by atoms with E-state index in [4.69, 9.17) is 11.3 Å². The molecule has 88 valence electrons. The van der Waals surface area contributed by atoms with Crippen molar-refractivity contribution in [1.29, 1.82) is 0 Å². The van der Waals surface area contributed by atoms with E-state index in [0.717, 1.165) is 16.7 Å². The normalized spacial score (nSPS) is 17.2. The van der Waals surface area contributed by atoms with E-state index in [2.05, 4.69) is 4.85 Å². The molecule has 1 heterocycles. The Balaban J connectivity index is 2.00. The molecule has 3 rings (SSSR count). The Bertz CT molecular complexity index is 628. The minimum atomic E-state index is -0.250. The fourth-order valence-electron chi connectivity index (χ4n) is 2.22. The standard InChI is InChI=1S/C15H10FNO/c1-17-13-6-7-14-11(8-13)9-18-15(14)10-2-4-12(16)5-3-10/h2-8,15H,9H2. The molecule has 0 bridgehead atoms. The molecular formula is C15H10FNO. The average Bonchev–Trinajstić information content (AvgIpc) is 2.82. The first-order valence-corrected chi connectivity index (χ1v) is 5.65. The first-order chi connectivity index (χ1) is 8.78. The molecule has 0 fully saturated rings. The van der Waals surface area contributed by atoms with Gasteiger partial charge in [0.1, 0.15) is 11.9 Å². The SMILES string of the molecule is [C-]#[N+]c1ccc2c(c1)COC2c1ccc(F)cc1. The van der Waals surface area contributed by atoms with E-state index in [1.54, 1.807) is 18.2 Å². The van der Waals surface area contributed by atoms with Crippen LogP contribution in [0.1, 0.15) is 22.8 Å². The van der Waals surface area contributed by atoms with Crippen LogP contribution in [0, 0.1) is 12.4 Å². The quantitative estimate of drug-likeness (QED) is 0.686. The smallest absolute Gasteiger partial charge is 0.187 e. The average molecular weight is 239 g/mol. The van der Waals surface area contributed by atoms with Gasteiger partial charge in [0.25, 0.3) is 0 Å². The molecule has 2 aromatic rings. The number of benzene rings is 2. The summed E-state index contributed by atoms with van der Waals surface area (Å²) in [5.41, 5.74) is 3.66. The summed E-state index contributed by atoms with van der Waals surface area (Å²) in [6, 6.07) is 11.9. The first-order valence-electron chi connectivity index (χ1n) is 5.65. The van der Waals surface area contributed by atoms with Gasteiger partial charge < -0.3 is 4.74 Å². The highest BCUT2D eigenvalue weighted by Crippen LogP contribution is 2.37. The van der Waals surface area contributed by atoms with Gasteiger partial charge in [-0.25, -0.2) is 9.24 Å². The van der Waals surface area contributed by atoms with Crippen LogP contribution in [0.25, 0.3) is 4.85 Å². The minimum Gasteiger partial charge on any atom is -0.364 e. The number of nitrogens with zero attached hydrogens (tertiary/aromatic N) is 1. The van der Waals surface area contributed by atoms with E-state index in [9.17, 15) is 4.39 Å². The summed E-state index contributed by atoms with van der Waals surface area (Å²) in [5.74, 6) is -0.250. The maximum atomic E-state index is 12.9. The van der Waals surface area contributed by atoms with Crippen LogP contribution in [0.5, 0.6) is 0 Å². The van der Waals surface area contributed by atoms with Crippen molar-refractivity contribution in [3.05, 3.63) is 76.4 Å². The maximum Gasteiger partial charge on any atom is 0.187 e. The summed E-state index contributed by atoms with van der Waals surface area (Å²) in [6.07, 6.45) is -0.152. The molecule has 2 aromatic carbocycles. The van der Waals surface area contributed by atoms with Crippen molar-refractivity contribution in [3.63, 3.8) is 0 Å². The van der Waals surface area contributed by atoms with Crippen molar-refractivity contribution < 1.29 is 9.13 Å². The van der Waals surface area contributed by atoms with E-state index in [-0.39, 0.29) is 11.9 Å². The molecule has 0 aliphatic carbocycles. The molecule has 2 nitrogen and oxygen atoms in total. The molecule has 0 amide bonds. The van der Waals surface area contributed by atoms with Gasteiger partial charge in [0.05, 0.1) is 13.2 Å². The van der Waals surface area contributed by atoms with Gasteiger partial charge in [-0.2, -0.15) is 0 Å². The summed E-state index contributed by atoms with van der Waals surface area (Å²) in [6.45, 7) is 7.49. The summed E-state index contributed by atoms with van der Waals surface area (Å²) in [7, 11) is 0. The highest BCUT2D eigenvalue weighted by Gasteiger charge is 2.24. The van der Waals surface area contributed by atoms with Crippen LogP contribution in [0.4, 0.5) is 10.1 Å². The zero-order valence-electron chi connectivity index (χ0n) is 9.56. The van der Waals surface area contributed by atoms with Crippen molar-refractivity contribution in [1.82, 2.24) is 0 Å². The van der Waals surface area contributed by atoms with Crippen molar-refractivity contribution >= 4 is 5.69 Å². The third-order valence-corrected chi connectivity index (χ3v) is 3.12. The zero-order valence-corrected chi connectivity index (χ0v) is 9.56. The van der Waals surface area contributed by atoms with Crippen LogP contribution in [0.3, 0.4) is 0 Å². The van der Waals surface area contributed by atoms with Gasteiger partial charge in [0.2, 0.25) is 0 Å². The fourth-order valence-corrected chi connectivity index (χ4v) is 2.22. The Morgan fingerprint density at radius 3 is 2.67 bits per heavy atom. The van der Waals surface area contributed by atoms with Crippen LogP contribution in [0.2, 0.25) is 0 Å². The zero-order chi connectivity index (χ0) is 12.5. The number of hydrogen-bond acceptors (Lipinski definition) is 1. The third kappa shape index (κ3) is 1.77. The second kappa shape index (κ2) is 4.25. The van der Waals surface area contributed by atoms with Gasteiger partial charge in [-0.15, -0.1) is 0 Å². The Labute approximate surface area is 104 Å². The lowest BCUT2D eigenvalue weighted by molar-refractivity contribution is 0.0939. The van der Waals surface area contributed by atoms with Crippen LogP contribution in [0.15, 0.2) is 42.5 Å². The lowest BCUT2D eigenvalue weighted by Gasteiger charge is -2.11. The molecule has 0 aromatic heterocycles. The number of ether oxygens (including phenoxy) is 1. The molecular weight excluding hydrogens is 229 g/mol.